The van der Waals surface area contributed by atoms with Crippen molar-refractivity contribution >= 4 is 12.1 Å². The van der Waals surface area contributed by atoms with E-state index in [9.17, 15) is 14.7 Å². The lowest BCUT2D eigenvalue weighted by molar-refractivity contribution is -0.142. The number of carbonyl (C=O) groups is 2. The van der Waals surface area contributed by atoms with Gasteiger partial charge in [-0.25, -0.2) is 4.79 Å². The molecule has 0 radical (unpaired) electrons. The van der Waals surface area contributed by atoms with Gasteiger partial charge < -0.3 is 15.2 Å². The Labute approximate surface area is 200 Å². The number of carbonyl (C=O) groups excluding carboxylic acids is 1. The number of ether oxygens (including phenoxy) is 1. The van der Waals surface area contributed by atoms with Crippen molar-refractivity contribution in [2.45, 2.75) is 32.1 Å². The fraction of sp³-hybridized carbons (Fsp3) is 0.310. The van der Waals surface area contributed by atoms with E-state index in [2.05, 4.69) is 48.6 Å². The molecule has 0 bridgehead atoms. The molecule has 0 aliphatic heterocycles. The number of aryl methyl sites for hydroxylation is 1. The van der Waals surface area contributed by atoms with Crippen molar-refractivity contribution in [3.05, 3.63) is 95.6 Å². The van der Waals surface area contributed by atoms with Crippen LogP contribution in [0.2, 0.25) is 0 Å². The molecule has 1 amide bonds. The van der Waals surface area contributed by atoms with Crippen LogP contribution in [-0.2, 0) is 16.0 Å². The van der Waals surface area contributed by atoms with E-state index >= 15 is 0 Å². The third-order valence-electron chi connectivity index (χ3n) is 6.64. The predicted molar refractivity (Wildman–Crippen MR) is 133 cm³/mol. The average Bonchev–Trinajstić information content (AvgIpc) is 3.18. The maximum Gasteiger partial charge on any atom is 0.407 e. The van der Waals surface area contributed by atoms with Crippen molar-refractivity contribution < 1.29 is 19.4 Å². The molecule has 2 unspecified atom stereocenters. The first kappa shape index (κ1) is 23.6. The van der Waals surface area contributed by atoms with Gasteiger partial charge in [-0.1, -0.05) is 85.8 Å². The number of amides is 1. The summed E-state index contributed by atoms with van der Waals surface area (Å²) in [4.78, 5) is 24.2. The summed E-state index contributed by atoms with van der Waals surface area (Å²) < 4.78 is 5.54. The zero-order chi connectivity index (χ0) is 23.9. The predicted octanol–water partition coefficient (Wildman–Crippen LogP) is 5.88. The minimum Gasteiger partial charge on any atom is -0.481 e. The molecule has 0 aromatic heterocycles. The molecule has 3 aromatic rings. The van der Waals surface area contributed by atoms with E-state index < -0.39 is 18.0 Å². The van der Waals surface area contributed by atoms with Crippen molar-refractivity contribution in [1.29, 1.82) is 0 Å². The highest BCUT2D eigenvalue weighted by Gasteiger charge is 2.29. The Balaban J connectivity index is 1.27. The molecule has 2 N–H and O–H groups in total. The average molecular weight is 458 g/mol. The third kappa shape index (κ3) is 5.66. The Hall–Kier alpha value is -3.60. The second kappa shape index (κ2) is 11.0. The van der Waals surface area contributed by atoms with E-state index in [0.717, 1.165) is 24.0 Å². The van der Waals surface area contributed by atoms with Gasteiger partial charge in [0.2, 0.25) is 0 Å². The molecule has 5 heteroatoms. The number of hydrogen-bond donors (Lipinski definition) is 2. The molecule has 0 fully saturated rings. The molecule has 0 saturated carbocycles. The van der Waals surface area contributed by atoms with Gasteiger partial charge >= 0.3 is 12.1 Å². The van der Waals surface area contributed by atoms with Gasteiger partial charge in [-0.05, 0) is 53.0 Å². The van der Waals surface area contributed by atoms with E-state index in [1.807, 2.05) is 42.5 Å². The highest BCUT2D eigenvalue weighted by atomic mass is 16.5. The molecule has 0 saturated heterocycles. The van der Waals surface area contributed by atoms with Gasteiger partial charge in [-0.2, -0.15) is 0 Å². The van der Waals surface area contributed by atoms with Crippen LogP contribution in [0.1, 0.15) is 42.4 Å². The van der Waals surface area contributed by atoms with Gasteiger partial charge in [-0.3, -0.25) is 4.79 Å². The highest BCUT2D eigenvalue weighted by molar-refractivity contribution is 5.79. The smallest absolute Gasteiger partial charge is 0.407 e. The summed E-state index contributed by atoms with van der Waals surface area (Å²) in [6, 6.07) is 26.5. The fourth-order valence-corrected chi connectivity index (χ4v) is 4.79. The summed E-state index contributed by atoms with van der Waals surface area (Å²) in [5, 5.41) is 12.3. The van der Waals surface area contributed by atoms with Gasteiger partial charge in [-0.15, -0.1) is 0 Å². The molecule has 34 heavy (non-hydrogen) atoms. The second-order valence-corrected chi connectivity index (χ2v) is 9.11. The number of benzene rings is 3. The minimum absolute atomic E-state index is 0.0218. The summed E-state index contributed by atoms with van der Waals surface area (Å²) in [7, 11) is 0. The fourth-order valence-electron chi connectivity index (χ4n) is 4.79. The Morgan fingerprint density at radius 3 is 2.12 bits per heavy atom. The lowest BCUT2D eigenvalue weighted by Gasteiger charge is -2.19. The first-order valence-electron chi connectivity index (χ1n) is 11.9. The molecule has 1 aliphatic rings. The Morgan fingerprint density at radius 1 is 0.912 bits per heavy atom. The van der Waals surface area contributed by atoms with Crippen LogP contribution in [0.25, 0.3) is 11.1 Å². The van der Waals surface area contributed by atoms with Crippen molar-refractivity contribution in [1.82, 2.24) is 5.32 Å². The Morgan fingerprint density at radius 2 is 1.50 bits per heavy atom. The van der Waals surface area contributed by atoms with E-state index in [-0.39, 0.29) is 25.0 Å². The third-order valence-corrected chi connectivity index (χ3v) is 6.64. The highest BCUT2D eigenvalue weighted by Crippen LogP contribution is 2.44. The Kier molecular flexibility index (Phi) is 7.63. The van der Waals surface area contributed by atoms with Crippen LogP contribution in [0, 0.1) is 11.8 Å². The molecule has 3 aromatic carbocycles. The van der Waals surface area contributed by atoms with Crippen LogP contribution in [0.5, 0.6) is 0 Å². The lowest BCUT2D eigenvalue weighted by atomic mass is 9.91. The van der Waals surface area contributed by atoms with Crippen LogP contribution < -0.4 is 5.32 Å². The first-order valence-corrected chi connectivity index (χ1v) is 11.9. The number of fused-ring (bicyclic) bond motifs is 3. The van der Waals surface area contributed by atoms with E-state index in [1.165, 1.54) is 16.7 Å². The van der Waals surface area contributed by atoms with E-state index in [4.69, 9.17) is 4.74 Å². The molecule has 0 heterocycles. The summed E-state index contributed by atoms with van der Waals surface area (Å²) in [5.41, 5.74) is 5.88. The summed E-state index contributed by atoms with van der Waals surface area (Å²) in [6.45, 7) is 2.33. The molecule has 5 nitrogen and oxygen atoms in total. The quantitative estimate of drug-likeness (QED) is 0.398. The Bertz CT molecular complexity index is 1080. The standard InChI is InChI=1S/C29H31NO4/c1-20(15-16-21-9-3-2-4-10-21)17-22(28(31)32)18-30-29(33)34-19-27-25-13-7-5-11-23(25)24-12-6-8-14-26(24)27/h2-14,20,22,27H,15-19H2,1H3,(H,30,33)(H,31,32). The van der Waals surface area contributed by atoms with Gasteiger partial charge in [0.15, 0.2) is 0 Å². The van der Waals surface area contributed by atoms with Crippen LogP contribution in [-0.4, -0.2) is 30.3 Å². The van der Waals surface area contributed by atoms with Gasteiger partial charge in [0.05, 0.1) is 5.92 Å². The lowest BCUT2D eigenvalue weighted by Crippen LogP contribution is -2.34. The van der Waals surface area contributed by atoms with Crippen molar-refractivity contribution in [2.24, 2.45) is 11.8 Å². The molecule has 1 aliphatic carbocycles. The summed E-state index contributed by atoms with van der Waals surface area (Å²) >= 11 is 0. The molecular weight excluding hydrogens is 426 g/mol. The normalized spacial score (nSPS) is 14.0. The molecule has 2 atom stereocenters. The van der Waals surface area contributed by atoms with Crippen molar-refractivity contribution in [2.75, 3.05) is 13.2 Å². The van der Waals surface area contributed by atoms with Crippen molar-refractivity contribution in [3.63, 3.8) is 0 Å². The van der Waals surface area contributed by atoms with Crippen molar-refractivity contribution in [3.8, 4) is 11.1 Å². The number of carboxylic acid groups (broad SMARTS) is 1. The minimum atomic E-state index is -0.898. The second-order valence-electron chi connectivity index (χ2n) is 9.11. The van der Waals surface area contributed by atoms with Gasteiger partial charge in [0, 0.05) is 12.5 Å². The maximum atomic E-state index is 12.4. The molecule has 4 rings (SSSR count). The summed E-state index contributed by atoms with van der Waals surface area (Å²) in [5.74, 6) is -1.34. The largest absolute Gasteiger partial charge is 0.481 e. The number of alkyl carbamates (subject to hydrolysis) is 1. The van der Waals surface area contributed by atoms with E-state index in [0.29, 0.717) is 6.42 Å². The van der Waals surface area contributed by atoms with Crippen LogP contribution >= 0.6 is 0 Å². The van der Waals surface area contributed by atoms with E-state index in [1.54, 1.807) is 0 Å². The number of carboxylic acids is 1. The van der Waals surface area contributed by atoms with Gasteiger partial charge in [0.1, 0.15) is 6.61 Å². The van der Waals surface area contributed by atoms with Crippen LogP contribution in [0.4, 0.5) is 4.79 Å². The SMILES string of the molecule is CC(CCc1ccccc1)CC(CNC(=O)OCC1c2ccccc2-c2ccccc21)C(=O)O. The summed E-state index contributed by atoms with van der Waals surface area (Å²) in [6.07, 6.45) is 1.74. The number of rotatable bonds is 10. The maximum absolute atomic E-state index is 12.4. The molecule has 0 spiro atoms. The number of hydrogen-bond acceptors (Lipinski definition) is 3. The number of aliphatic carboxylic acids is 1. The topological polar surface area (TPSA) is 75.6 Å². The monoisotopic (exact) mass is 457 g/mol. The van der Waals surface area contributed by atoms with Gasteiger partial charge in [0.25, 0.3) is 0 Å². The van der Waals surface area contributed by atoms with Crippen LogP contribution in [0.15, 0.2) is 78.9 Å². The zero-order valence-electron chi connectivity index (χ0n) is 19.4. The van der Waals surface area contributed by atoms with Crippen LogP contribution in [0.3, 0.4) is 0 Å². The molecular formula is C29H31NO4. The first-order chi connectivity index (χ1) is 16.5. The number of nitrogens with one attached hydrogen (secondary N) is 1. The zero-order valence-corrected chi connectivity index (χ0v) is 19.4. The molecule has 176 valence electrons.